The summed E-state index contributed by atoms with van der Waals surface area (Å²) in [6.45, 7) is 6.80. The molecule has 2 amide bonds. The van der Waals surface area contributed by atoms with Crippen LogP contribution in [0.2, 0.25) is 0 Å². The lowest BCUT2D eigenvalue weighted by Gasteiger charge is -2.31. The Balaban J connectivity index is 1.70. The maximum absolute atomic E-state index is 12.9. The minimum absolute atomic E-state index is 0.00949. The Labute approximate surface area is 150 Å². The molecule has 1 aromatic rings. The Hall–Kier alpha value is -1.88. The Morgan fingerprint density at radius 1 is 1.12 bits per heavy atom. The van der Waals surface area contributed by atoms with Crippen LogP contribution in [0.15, 0.2) is 24.3 Å². The van der Waals surface area contributed by atoms with Gasteiger partial charge in [-0.05, 0) is 57.2 Å². The molecule has 0 unspecified atom stereocenters. The number of hydrogen-bond acceptors (Lipinski definition) is 3. The first-order valence-electron chi connectivity index (χ1n) is 9.47. The summed E-state index contributed by atoms with van der Waals surface area (Å²) in [5.74, 6) is 0.749. The molecule has 0 bridgehead atoms. The van der Waals surface area contributed by atoms with E-state index in [4.69, 9.17) is 0 Å². The third-order valence-corrected chi connectivity index (χ3v) is 5.48. The fourth-order valence-corrected chi connectivity index (χ4v) is 3.77. The minimum Gasteiger partial charge on any atom is -0.339 e. The summed E-state index contributed by atoms with van der Waals surface area (Å²) in [6, 6.07) is 7.75. The molecule has 0 saturated carbocycles. The topological polar surface area (TPSA) is 61.4 Å². The van der Waals surface area contributed by atoms with Crippen LogP contribution in [0.25, 0.3) is 0 Å². The van der Waals surface area contributed by atoms with Gasteiger partial charge in [-0.25, -0.2) is 0 Å². The van der Waals surface area contributed by atoms with E-state index in [1.165, 1.54) is 0 Å². The summed E-state index contributed by atoms with van der Waals surface area (Å²) >= 11 is 0. The molecule has 2 heterocycles. The number of likely N-dealkylation sites (tertiary alicyclic amines) is 1. The first-order valence-corrected chi connectivity index (χ1v) is 9.47. The molecule has 0 spiro atoms. The second-order valence-electron chi connectivity index (χ2n) is 7.59. The van der Waals surface area contributed by atoms with Crippen LogP contribution in [0.1, 0.15) is 49.9 Å². The fourth-order valence-electron chi connectivity index (χ4n) is 3.77. The first-order chi connectivity index (χ1) is 12.0. The molecule has 2 saturated heterocycles. The number of anilines is 1. The predicted octanol–water partition coefficient (Wildman–Crippen LogP) is 2.89. The fraction of sp³-hybridized carbons (Fsp3) is 0.600. The number of rotatable bonds is 3. The van der Waals surface area contributed by atoms with Crippen LogP contribution in [0.3, 0.4) is 0 Å². The molecular weight excluding hydrogens is 314 g/mol. The zero-order valence-electron chi connectivity index (χ0n) is 15.3. The Bertz CT molecular complexity index is 623. The smallest absolute Gasteiger partial charge is 0.255 e. The van der Waals surface area contributed by atoms with Gasteiger partial charge in [-0.1, -0.05) is 19.1 Å². The maximum atomic E-state index is 12.9. The zero-order valence-corrected chi connectivity index (χ0v) is 15.3. The van der Waals surface area contributed by atoms with Gasteiger partial charge < -0.3 is 15.5 Å². The quantitative estimate of drug-likeness (QED) is 0.887. The van der Waals surface area contributed by atoms with E-state index in [0.29, 0.717) is 23.2 Å². The van der Waals surface area contributed by atoms with E-state index in [-0.39, 0.29) is 17.7 Å². The summed E-state index contributed by atoms with van der Waals surface area (Å²) in [7, 11) is 0. The molecule has 5 heteroatoms. The predicted molar refractivity (Wildman–Crippen MR) is 99.6 cm³/mol. The van der Waals surface area contributed by atoms with Gasteiger partial charge >= 0.3 is 0 Å². The molecule has 1 aromatic carbocycles. The average molecular weight is 343 g/mol. The highest BCUT2D eigenvalue weighted by Crippen LogP contribution is 2.24. The van der Waals surface area contributed by atoms with Crippen LogP contribution in [0.4, 0.5) is 5.69 Å². The number of nitrogens with zero attached hydrogens (tertiary/aromatic N) is 1. The lowest BCUT2D eigenvalue weighted by atomic mass is 9.92. The lowest BCUT2D eigenvalue weighted by Crippen LogP contribution is -2.41. The molecular formula is C20H29N3O2. The van der Waals surface area contributed by atoms with Crippen molar-refractivity contribution in [3.05, 3.63) is 29.8 Å². The van der Waals surface area contributed by atoms with Gasteiger partial charge in [-0.3, -0.25) is 9.59 Å². The van der Waals surface area contributed by atoms with Gasteiger partial charge in [-0.15, -0.1) is 0 Å². The minimum atomic E-state index is 0.00949. The zero-order chi connectivity index (χ0) is 17.8. The highest BCUT2D eigenvalue weighted by molar-refractivity contribution is 6.04. The van der Waals surface area contributed by atoms with Gasteiger partial charge in [0.15, 0.2) is 0 Å². The van der Waals surface area contributed by atoms with Crippen molar-refractivity contribution >= 4 is 17.5 Å². The van der Waals surface area contributed by atoms with Gasteiger partial charge in [-0.2, -0.15) is 0 Å². The molecule has 2 aliphatic rings. The molecule has 2 aliphatic heterocycles. The highest BCUT2D eigenvalue weighted by Gasteiger charge is 2.27. The molecule has 3 rings (SSSR count). The molecule has 136 valence electrons. The molecule has 2 atom stereocenters. The van der Waals surface area contributed by atoms with Crippen LogP contribution >= 0.6 is 0 Å². The largest absolute Gasteiger partial charge is 0.339 e. The number of hydrogen-bond donors (Lipinski definition) is 2. The third kappa shape index (κ3) is 4.40. The van der Waals surface area contributed by atoms with E-state index in [9.17, 15) is 9.59 Å². The Kier molecular flexibility index (Phi) is 5.74. The van der Waals surface area contributed by atoms with E-state index in [1.807, 2.05) is 29.2 Å². The number of piperidine rings is 2. The second kappa shape index (κ2) is 8.00. The summed E-state index contributed by atoms with van der Waals surface area (Å²) in [5.41, 5.74) is 1.25. The van der Waals surface area contributed by atoms with Crippen molar-refractivity contribution in [3.8, 4) is 0 Å². The summed E-state index contributed by atoms with van der Waals surface area (Å²) in [4.78, 5) is 27.5. The second-order valence-corrected chi connectivity index (χ2v) is 7.59. The van der Waals surface area contributed by atoms with Gasteiger partial charge in [0.2, 0.25) is 5.91 Å². The summed E-state index contributed by atoms with van der Waals surface area (Å²) < 4.78 is 0. The Morgan fingerprint density at radius 2 is 1.84 bits per heavy atom. The maximum Gasteiger partial charge on any atom is 0.255 e. The van der Waals surface area contributed by atoms with Gasteiger partial charge in [0.25, 0.3) is 5.91 Å². The van der Waals surface area contributed by atoms with Crippen molar-refractivity contribution in [1.82, 2.24) is 10.2 Å². The van der Waals surface area contributed by atoms with Crippen LogP contribution in [0, 0.1) is 11.8 Å². The number of para-hydroxylation sites is 1. The first kappa shape index (κ1) is 17.9. The van der Waals surface area contributed by atoms with Crippen LogP contribution < -0.4 is 10.6 Å². The molecule has 0 aromatic heterocycles. The van der Waals surface area contributed by atoms with Crippen molar-refractivity contribution in [2.75, 3.05) is 25.0 Å². The highest BCUT2D eigenvalue weighted by atomic mass is 16.2. The monoisotopic (exact) mass is 343 g/mol. The molecule has 25 heavy (non-hydrogen) atoms. The van der Waals surface area contributed by atoms with Crippen molar-refractivity contribution in [2.45, 2.75) is 45.6 Å². The Morgan fingerprint density at radius 3 is 2.56 bits per heavy atom. The molecule has 5 nitrogen and oxygen atoms in total. The van der Waals surface area contributed by atoms with Crippen molar-refractivity contribution < 1.29 is 9.59 Å². The standard InChI is InChI=1S/C20H29N3O2/c1-14-8-11-23(12-9-14)20(25)17-5-3-4-6-18(17)22-19(24)16-7-10-21-15(2)13-16/h3-6,14-16,21H,7-13H2,1-2H3,(H,22,24)/t15-,16-/m0/s1. The van der Waals surface area contributed by atoms with Gasteiger partial charge in [0.1, 0.15) is 0 Å². The van der Waals surface area contributed by atoms with E-state index < -0.39 is 0 Å². The normalized spacial score (nSPS) is 24.8. The van der Waals surface area contributed by atoms with Crippen LogP contribution in [-0.4, -0.2) is 42.4 Å². The van der Waals surface area contributed by atoms with Crippen LogP contribution in [0.5, 0.6) is 0 Å². The van der Waals surface area contributed by atoms with Crippen molar-refractivity contribution in [1.29, 1.82) is 0 Å². The van der Waals surface area contributed by atoms with E-state index in [0.717, 1.165) is 45.3 Å². The number of nitrogens with one attached hydrogen (secondary N) is 2. The molecule has 2 N–H and O–H groups in total. The van der Waals surface area contributed by atoms with E-state index in [2.05, 4.69) is 24.5 Å². The third-order valence-electron chi connectivity index (χ3n) is 5.48. The van der Waals surface area contributed by atoms with Crippen molar-refractivity contribution in [3.63, 3.8) is 0 Å². The number of amides is 2. The van der Waals surface area contributed by atoms with E-state index >= 15 is 0 Å². The summed E-state index contributed by atoms with van der Waals surface area (Å²) in [6.07, 6.45) is 3.78. The average Bonchev–Trinajstić information content (AvgIpc) is 2.62. The molecule has 2 fully saturated rings. The number of carbonyl (C=O) groups is 2. The SMILES string of the molecule is CC1CCN(C(=O)c2ccccc2NC(=O)[C@H]2CCN[C@@H](C)C2)CC1. The molecule has 0 aliphatic carbocycles. The number of benzene rings is 1. The van der Waals surface area contributed by atoms with Crippen molar-refractivity contribution in [2.24, 2.45) is 11.8 Å². The van der Waals surface area contributed by atoms with Gasteiger partial charge in [0.05, 0.1) is 11.3 Å². The number of carbonyl (C=O) groups excluding carboxylic acids is 2. The summed E-state index contributed by atoms with van der Waals surface area (Å²) in [5, 5.41) is 6.38. The molecule has 0 radical (unpaired) electrons. The van der Waals surface area contributed by atoms with Gasteiger partial charge in [0, 0.05) is 25.0 Å². The van der Waals surface area contributed by atoms with E-state index in [1.54, 1.807) is 0 Å². The van der Waals surface area contributed by atoms with Crippen LogP contribution in [-0.2, 0) is 4.79 Å². The lowest BCUT2D eigenvalue weighted by molar-refractivity contribution is -0.120.